The number of H-pyrrole nitrogens is 1. The topological polar surface area (TPSA) is 66.2 Å². The smallest absolute Gasteiger partial charge is 0.216 e. The number of aromatic amines is 1. The Labute approximate surface area is 144 Å². The Morgan fingerprint density at radius 1 is 1.36 bits per heavy atom. The molecular weight excluding hydrogens is 363 g/mol. The van der Waals surface area contributed by atoms with E-state index >= 15 is 0 Å². The van der Waals surface area contributed by atoms with Crippen molar-refractivity contribution in [2.24, 2.45) is 5.10 Å². The van der Waals surface area contributed by atoms with Gasteiger partial charge in [0.25, 0.3) is 0 Å². The second-order valence-electron chi connectivity index (χ2n) is 4.22. The number of thiophene rings is 1. The average molecular weight is 371 g/mol. The van der Waals surface area contributed by atoms with Crippen molar-refractivity contribution in [3.8, 4) is 16.5 Å². The van der Waals surface area contributed by atoms with Crippen LogP contribution in [0.2, 0.25) is 10.0 Å². The Morgan fingerprint density at radius 2 is 2.09 bits per heavy atom. The van der Waals surface area contributed by atoms with E-state index in [4.69, 9.17) is 35.4 Å². The van der Waals surface area contributed by atoms with E-state index in [1.165, 1.54) is 16.0 Å². The first-order valence-corrected chi connectivity index (χ1v) is 8.04. The number of halogens is 2. The van der Waals surface area contributed by atoms with Crippen molar-refractivity contribution >= 4 is 53.0 Å². The van der Waals surface area contributed by atoms with Crippen molar-refractivity contribution in [3.05, 3.63) is 50.0 Å². The Balaban J connectivity index is 2.00. The molecule has 0 aliphatic rings. The number of aromatic hydroxyl groups is 1. The summed E-state index contributed by atoms with van der Waals surface area (Å²) >= 11 is 18.5. The van der Waals surface area contributed by atoms with Gasteiger partial charge in [-0.05, 0) is 41.4 Å². The van der Waals surface area contributed by atoms with Gasteiger partial charge < -0.3 is 5.11 Å². The maximum Gasteiger partial charge on any atom is 0.216 e. The molecule has 0 aliphatic carbocycles. The lowest BCUT2D eigenvalue weighted by Gasteiger charge is -2.02. The maximum absolute atomic E-state index is 9.55. The number of hydrogen-bond donors (Lipinski definition) is 2. The molecule has 3 rings (SSSR count). The molecule has 2 heterocycles. The largest absolute Gasteiger partial charge is 0.505 e. The second kappa shape index (κ2) is 6.21. The summed E-state index contributed by atoms with van der Waals surface area (Å²) in [7, 11) is 0. The fourth-order valence-corrected chi connectivity index (χ4v) is 3.13. The molecular formula is C13H8Cl2N4OS2. The van der Waals surface area contributed by atoms with E-state index in [2.05, 4.69) is 15.3 Å². The standard InChI is InChI=1S/C13H8Cl2N4OS2/c14-8-4-7(5-9(15)11(8)20)6-16-19-12(17-18-13(19)21)10-2-1-3-22-10/h1-6,20H,(H,18,21)/b16-6-. The summed E-state index contributed by atoms with van der Waals surface area (Å²) in [6.07, 6.45) is 1.54. The number of rotatable bonds is 3. The average Bonchev–Trinajstić information content (AvgIpc) is 3.12. The lowest BCUT2D eigenvalue weighted by molar-refractivity contribution is 0.476. The third-order valence-electron chi connectivity index (χ3n) is 2.75. The molecule has 0 spiro atoms. The highest BCUT2D eigenvalue weighted by Crippen LogP contribution is 2.32. The van der Waals surface area contributed by atoms with Crippen molar-refractivity contribution < 1.29 is 5.11 Å². The first-order valence-electron chi connectivity index (χ1n) is 6.00. The second-order valence-corrected chi connectivity index (χ2v) is 6.37. The fraction of sp³-hybridized carbons (Fsp3) is 0. The Bertz CT molecular complexity index is 876. The molecule has 0 fully saturated rings. The van der Waals surface area contributed by atoms with Gasteiger partial charge in [-0.3, -0.25) is 0 Å². The van der Waals surface area contributed by atoms with E-state index in [0.717, 1.165) is 4.88 Å². The van der Waals surface area contributed by atoms with Crippen LogP contribution in [0.3, 0.4) is 0 Å². The molecule has 22 heavy (non-hydrogen) atoms. The number of nitrogens with one attached hydrogen (secondary N) is 1. The number of aromatic nitrogens is 3. The molecule has 0 bridgehead atoms. The highest BCUT2D eigenvalue weighted by Gasteiger charge is 2.09. The van der Waals surface area contributed by atoms with Gasteiger partial charge in [0.15, 0.2) is 11.6 Å². The molecule has 0 amide bonds. The van der Waals surface area contributed by atoms with Crippen molar-refractivity contribution in [2.45, 2.75) is 0 Å². The van der Waals surface area contributed by atoms with E-state index < -0.39 is 0 Å². The molecule has 0 radical (unpaired) electrons. The van der Waals surface area contributed by atoms with Crippen LogP contribution in [0.4, 0.5) is 0 Å². The van der Waals surface area contributed by atoms with E-state index in [-0.39, 0.29) is 15.8 Å². The molecule has 0 aliphatic heterocycles. The van der Waals surface area contributed by atoms with Crippen molar-refractivity contribution in [1.82, 2.24) is 14.9 Å². The van der Waals surface area contributed by atoms with Crippen molar-refractivity contribution in [3.63, 3.8) is 0 Å². The fourth-order valence-electron chi connectivity index (χ4n) is 1.75. The zero-order valence-electron chi connectivity index (χ0n) is 10.8. The zero-order valence-corrected chi connectivity index (χ0v) is 14.0. The maximum atomic E-state index is 9.55. The van der Waals surface area contributed by atoms with Crippen LogP contribution in [0.5, 0.6) is 5.75 Å². The number of phenolic OH excluding ortho intramolecular Hbond substituents is 1. The summed E-state index contributed by atoms with van der Waals surface area (Å²) < 4.78 is 1.88. The minimum atomic E-state index is -0.153. The van der Waals surface area contributed by atoms with Gasteiger partial charge >= 0.3 is 0 Å². The highest BCUT2D eigenvalue weighted by atomic mass is 35.5. The van der Waals surface area contributed by atoms with E-state index in [0.29, 0.717) is 16.2 Å². The highest BCUT2D eigenvalue weighted by molar-refractivity contribution is 7.71. The molecule has 5 nitrogen and oxygen atoms in total. The molecule has 0 saturated heterocycles. The molecule has 2 N–H and O–H groups in total. The summed E-state index contributed by atoms with van der Waals surface area (Å²) in [5, 5.41) is 23.0. The zero-order chi connectivity index (χ0) is 15.7. The van der Waals surface area contributed by atoms with Crippen LogP contribution in [0, 0.1) is 4.77 Å². The lowest BCUT2D eigenvalue weighted by Crippen LogP contribution is -1.94. The number of hydrogen-bond acceptors (Lipinski definition) is 5. The van der Waals surface area contributed by atoms with Gasteiger partial charge in [0.1, 0.15) is 0 Å². The van der Waals surface area contributed by atoms with Crippen molar-refractivity contribution in [1.29, 1.82) is 0 Å². The summed E-state index contributed by atoms with van der Waals surface area (Å²) in [4.78, 5) is 0.936. The van der Waals surface area contributed by atoms with Gasteiger partial charge in [0.05, 0.1) is 21.1 Å². The van der Waals surface area contributed by atoms with Crippen LogP contribution in [0.25, 0.3) is 10.7 Å². The van der Waals surface area contributed by atoms with E-state index in [9.17, 15) is 5.11 Å². The predicted molar refractivity (Wildman–Crippen MR) is 91.8 cm³/mol. The molecule has 2 aromatic heterocycles. The first-order chi connectivity index (χ1) is 10.6. The summed E-state index contributed by atoms with van der Waals surface area (Å²) in [5.74, 6) is 0.465. The molecule has 9 heteroatoms. The van der Waals surface area contributed by atoms with Gasteiger partial charge in [0.2, 0.25) is 4.77 Å². The van der Waals surface area contributed by atoms with Gasteiger partial charge in [-0.25, -0.2) is 5.10 Å². The van der Waals surface area contributed by atoms with Crippen LogP contribution < -0.4 is 0 Å². The van der Waals surface area contributed by atoms with Crippen LogP contribution in [-0.4, -0.2) is 26.2 Å². The van der Waals surface area contributed by atoms with Crippen LogP contribution >= 0.6 is 46.8 Å². The van der Waals surface area contributed by atoms with Gasteiger partial charge in [-0.1, -0.05) is 29.3 Å². The summed E-state index contributed by atoms with van der Waals surface area (Å²) in [5.41, 5.74) is 0.632. The van der Waals surface area contributed by atoms with E-state index in [1.807, 2.05) is 17.5 Å². The molecule has 1 aromatic carbocycles. The summed E-state index contributed by atoms with van der Waals surface area (Å²) in [6, 6.07) is 6.96. The molecule has 0 unspecified atom stereocenters. The third-order valence-corrected chi connectivity index (χ3v) is 4.46. The third kappa shape index (κ3) is 2.93. The van der Waals surface area contributed by atoms with Gasteiger partial charge in [-0.2, -0.15) is 14.9 Å². The molecule has 112 valence electrons. The molecule has 0 atom stereocenters. The lowest BCUT2D eigenvalue weighted by atomic mass is 10.2. The van der Waals surface area contributed by atoms with Crippen LogP contribution in [-0.2, 0) is 0 Å². The normalized spacial score (nSPS) is 11.4. The van der Waals surface area contributed by atoms with Crippen molar-refractivity contribution in [2.75, 3.05) is 0 Å². The van der Waals surface area contributed by atoms with E-state index in [1.54, 1.807) is 18.3 Å². The SMILES string of the molecule is Oc1c(Cl)cc(/C=N\n2c(-c3cccs3)n[nH]c2=S)cc1Cl. The Kier molecular flexibility index (Phi) is 4.30. The Hall–Kier alpha value is -1.67. The minimum Gasteiger partial charge on any atom is -0.505 e. The number of phenols is 1. The molecule has 0 saturated carbocycles. The number of benzene rings is 1. The Morgan fingerprint density at radius 3 is 2.73 bits per heavy atom. The van der Waals surface area contributed by atoms with Gasteiger partial charge in [0, 0.05) is 0 Å². The minimum absolute atomic E-state index is 0.153. The predicted octanol–water partition coefficient (Wildman–Crippen LogP) is 4.56. The first kappa shape index (κ1) is 15.2. The molecule has 3 aromatic rings. The summed E-state index contributed by atoms with van der Waals surface area (Å²) in [6.45, 7) is 0. The number of nitrogens with zero attached hydrogens (tertiary/aromatic N) is 3. The van der Waals surface area contributed by atoms with Crippen LogP contribution in [0.15, 0.2) is 34.7 Å². The monoisotopic (exact) mass is 370 g/mol. The quantitative estimate of drug-likeness (QED) is 0.524. The van der Waals surface area contributed by atoms with Gasteiger partial charge in [-0.15, -0.1) is 11.3 Å². The van der Waals surface area contributed by atoms with Crippen LogP contribution in [0.1, 0.15) is 5.56 Å².